The maximum absolute atomic E-state index is 10.7. The average molecular weight is 280 g/mol. The molecular weight excluding hydrogens is 262 g/mol. The van der Waals surface area contributed by atoms with E-state index in [0.29, 0.717) is 5.02 Å². The van der Waals surface area contributed by atoms with E-state index in [4.69, 9.17) is 16.7 Å². The monoisotopic (exact) mass is 279 g/mol. The summed E-state index contributed by atoms with van der Waals surface area (Å²) in [4.78, 5) is 13.0. The molecule has 1 aliphatic rings. The molecule has 0 aromatic heterocycles. The summed E-state index contributed by atoms with van der Waals surface area (Å²) in [7, 11) is 0. The van der Waals surface area contributed by atoms with Gasteiger partial charge in [-0.15, -0.1) is 0 Å². The molecule has 0 amide bonds. The van der Waals surface area contributed by atoms with Gasteiger partial charge in [0.15, 0.2) is 0 Å². The van der Waals surface area contributed by atoms with Crippen LogP contribution in [0.1, 0.15) is 32.3 Å². The van der Waals surface area contributed by atoms with Gasteiger partial charge in [-0.1, -0.05) is 17.7 Å². The summed E-state index contributed by atoms with van der Waals surface area (Å²) in [5, 5.41) is 9.36. The van der Waals surface area contributed by atoms with Crippen LogP contribution in [0.3, 0.4) is 0 Å². The summed E-state index contributed by atoms with van der Waals surface area (Å²) in [5.74, 6) is -0.966. The van der Waals surface area contributed by atoms with Crippen molar-refractivity contribution in [2.24, 2.45) is 0 Å². The third-order valence-corrected chi connectivity index (χ3v) is 3.94. The molecule has 0 atom stereocenters. The van der Waals surface area contributed by atoms with Crippen LogP contribution >= 0.6 is 11.6 Å². The van der Waals surface area contributed by atoms with Gasteiger partial charge in [0, 0.05) is 34.4 Å². The number of rotatable bonds is 3. The number of benzene rings is 1. The molecule has 0 spiro atoms. The van der Waals surface area contributed by atoms with Gasteiger partial charge in [-0.3, -0.25) is 0 Å². The standard InChI is InChI=1S/C15H18ClNO2/c1-15(2)9-4-10-17(15)13-6-3-5-12(16)11(13)7-8-14(18)19/h3,5-8H,4,9-10H2,1-2H3,(H,18,19). The first kappa shape index (κ1) is 13.9. The Bertz CT molecular complexity index is 523. The first-order valence-corrected chi connectivity index (χ1v) is 6.77. The molecule has 1 saturated heterocycles. The number of carbonyl (C=O) groups is 1. The van der Waals surface area contributed by atoms with Crippen molar-refractivity contribution in [3.8, 4) is 0 Å². The van der Waals surface area contributed by atoms with Crippen LogP contribution in [0.15, 0.2) is 24.3 Å². The molecule has 3 nitrogen and oxygen atoms in total. The number of carboxylic acid groups (broad SMARTS) is 1. The molecule has 1 aromatic rings. The third kappa shape index (κ3) is 2.92. The van der Waals surface area contributed by atoms with Crippen LogP contribution in [0.25, 0.3) is 6.08 Å². The highest BCUT2D eigenvalue weighted by Gasteiger charge is 2.33. The van der Waals surface area contributed by atoms with E-state index >= 15 is 0 Å². The second-order valence-electron chi connectivity index (χ2n) is 5.41. The van der Waals surface area contributed by atoms with Gasteiger partial charge in [-0.2, -0.15) is 0 Å². The predicted molar refractivity (Wildman–Crippen MR) is 78.8 cm³/mol. The van der Waals surface area contributed by atoms with E-state index in [1.807, 2.05) is 12.1 Å². The van der Waals surface area contributed by atoms with E-state index in [9.17, 15) is 4.79 Å². The van der Waals surface area contributed by atoms with Crippen molar-refractivity contribution in [3.05, 3.63) is 34.9 Å². The number of carboxylic acids is 1. The van der Waals surface area contributed by atoms with Crippen molar-refractivity contribution in [1.82, 2.24) is 0 Å². The zero-order valence-electron chi connectivity index (χ0n) is 11.2. The second-order valence-corrected chi connectivity index (χ2v) is 5.82. The van der Waals surface area contributed by atoms with Crippen LogP contribution in [-0.2, 0) is 4.79 Å². The number of halogens is 1. The van der Waals surface area contributed by atoms with Crippen molar-refractivity contribution >= 4 is 29.3 Å². The van der Waals surface area contributed by atoms with Crippen molar-refractivity contribution in [2.75, 3.05) is 11.4 Å². The minimum absolute atomic E-state index is 0.0799. The van der Waals surface area contributed by atoms with Gasteiger partial charge in [0.25, 0.3) is 0 Å². The fourth-order valence-corrected chi connectivity index (χ4v) is 2.87. The van der Waals surface area contributed by atoms with Gasteiger partial charge in [-0.25, -0.2) is 4.79 Å². The van der Waals surface area contributed by atoms with E-state index in [0.717, 1.165) is 36.7 Å². The third-order valence-electron chi connectivity index (χ3n) is 3.61. The van der Waals surface area contributed by atoms with Gasteiger partial charge in [0.1, 0.15) is 0 Å². The Morgan fingerprint density at radius 3 is 2.79 bits per heavy atom. The normalized spacial score (nSPS) is 18.2. The van der Waals surface area contributed by atoms with Crippen molar-refractivity contribution in [2.45, 2.75) is 32.2 Å². The summed E-state index contributed by atoms with van der Waals surface area (Å²) in [6, 6.07) is 5.69. The Hall–Kier alpha value is -1.48. The van der Waals surface area contributed by atoms with Gasteiger partial charge >= 0.3 is 5.97 Å². The van der Waals surface area contributed by atoms with Gasteiger partial charge in [0.05, 0.1) is 0 Å². The van der Waals surface area contributed by atoms with Crippen LogP contribution in [0.5, 0.6) is 0 Å². The van der Waals surface area contributed by atoms with Gasteiger partial charge in [0.2, 0.25) is 0 Å². The largest absolute Gasteiger partial charge is 0.478 e. The second kappa shape index (κ2) is 5.25. The Balaban J connectivity index is 2.46. The molecule has 0 unspecified atom stereocenters. The van der Waals surface area contributed by atoms with Crippen LogP contribution in [-0.4, -0.2) is 23.2 Å². The van der Waals surface area contributed by atoms with Crippen LogP contribution in [0.4, 0.5) is 5.69 Å². The fourth-order valence-electron chi connectivity index (χ4n) is 2.63. The lowest BCUT2D eigenvalue weighted by Crippen LogP contribution is -2.38. The molecule has 102 valence electrons. The number of hydrogen-bond acceptors (Lipinski definition) is 2. The van der Waals surface area contributed by atoms with E-state index < -0.39 is 5.97 Å². The molecule has 0 aliphatic carbocycles. The highest BCUT2D eigenvalue weighted by molar-refractivity contribution is 6.32. The van der Waals surface area contributed by atoms with Crippen LogP contribution in [0, 0.1) is 0 Å². The molecule has 1 N–H and O–H groups in total. The van der Waals surface area contributed by atoms with E-state index in [1.54, 1.807) is 12.1 Å². The van der Waals surface area contributed by atoms with E-state index in [-0.39, 0.29) is 5.54 Å². The summed E-state index contributed by atoms with van der Waals surface area (Å²) in [6.45, 7) is 5.37. The Labute approximate surface area is 118 Å². The minimum atomic E-state index is -0.966. The molecule has 0 saturated carbocycles. The lowest BCUT2D eigenvalue weighted by molar-refractivity contribution is -0.131. The summed E-state index contributed by atoms with van der Waals surface area (Å²) in [5.41, 5.74) is 1.87. The summed E-state index contributed by atoms with van der Waals surface area (Å²) in [6.07, 6.45) is 4.98. The molecule has 0 bridgehead atoms. The SMILES string of the molecule is CC1(C)CCCN1c1cccc(Cl)c1C=CC(=O)O. The maximum atomic E-state index is 10.7. The predicted octanol–water partition coefficient (Wildman–Crippen LogP) is 3.82. The molecule has 19 heavy (non-hydrogen) atoms. The molecule has 1 aromatic carbocycles. The Kier molecular flexibility index (Phi) is 3.85. The molecule has 0 radical (unpaired) electrons. The quantitative estimate of drug-likeness (QED) is 0.855. The maximum Gasteiger partial charge on any atom is 0.328 e. The van der Waals surface area contributed by atoms with Crippen molar-refractivity contribution in [1.29, 1.82) is 0 Å². The first-order valence-electron chi connectivity index (χ1n) is 6.39. The molecule has 1 aliphatic heterocycles. The topological polar surface area (TPSA) is 40.5 Å². The van der Waals surface area contributed by atoms with Crippen LogP contribution in [0.2, 0.25) is 5.02 Å². The number of nitrogens with zero attached hydrogens (tertiary/aromatic N) is 1. The van der Waals surface area contributed by atoms with Crippen LogP contribution < -0.4 is 4.90 Å². The number of anilines is 1. The smallest absolute Gasteiger partial charge is 0.328 e. The Morgan fingerprint density at radius 1 is 1.47 bits per heavy atom. The molecular formula is C15H18ClNO2. The first-order chi connectivity index (χ1) is 8.92. The summed E-state index contributed by atoms with van der Waals surface area (Å²) < 4.78 is 0. The summed E-state index contributed by atoms with van der Waals surface area (Å²) >= 11 is 6.21. The number of hydrogen-bond donors (Lipinski definition) is 1. The fraction of sp³-hybridized carbons (Fsp3) is 0.400. The lowest BCUT2D eigenvalue weighted by atomic mass is 10.0. The Morgan fingerprint density at radius 2 is 2.21 bits per heavy atom. The lowest BCUT2D eigenvalue weighted by Gasteiger charge is -2.35. The van der Waals surface area contributed by atoms with Crippen molar-refractivity contribution in [3.63, 3.8) is 0 Å². The highest BCUT2D eigenvalue weighted by atomic mass is 35.5. The molecule has 4 heteroatoms. The van der Waals surface area contributed by atoms with Gasteiger partial charge < -0.3 is 10.0 Å². The zero-order valence-corrected chi connectivity index (χ0v) is 11.9. The van der Waals surface area contributed by atoms with Gasteiger partial charge in [-0.05, 0) is 44.9 Å². The molecule has 1 heterocycles. The van der Waals surface area contributed by atoms with Crippen molar-refractivity contribution < 1.29 is 9.90 Å². The number of aliphatic carboxylic acids is 1. The zero-order chi connectivity index (χ0) is 14.0. The molecule has 2 rings (SSSR count). The minimum Gasteiger partial charge on any atom is -0.478 e. The molecule has 1 fully saturated rings. The average Bonchev–Trinajstić information content (AvgIpc) is 2.66. The van der Waals surface area contributed by atoms with E-state index in [2.05, 4.69) is 18.7 Å². The highest BCUT2D eigenvalue weighted by Crippen LogP contribution is 2.38. The van der Waals surface area contributed by atoms with E-state index in [1.165, 1.54) is 0 Å².